The molecule has 1 aromatic carbocycles. The minimum absolute atomic E-state index is 0.139. The highest BCUT2D eigenvalue weighted by Crippen LogP contribution is 2.26. The largest absolute Gasteiger partial charge is 0.350 e. The molecule has 0 spiro atoms. The molecule has 0 aromatic heterocycles. The molecule has 1 fully saturated rings. The molecule has 2 rings (SSSR count). The van der Waals surface area contributed by atoms with Crippen LogP contribution in [0, 0.1) is 11.8 Å². The van der Waals surface area contributed by atoms with Crippen LogP contribution in [0.25, 0.3) is 0 Å². The first-order valence-corrected chi connectivity index (χ1v) is 11.0. The van der Waals surface area contributed by atoms with Crippen molar-refractivity contribution < 1.29 is 18.0 Å². The van der Waals surface area contributed by atoms with Crippen molar-refractivity contribution in [1.29, 1.82) is 0 Å². The van der Waals surface area contributed by atoms with Crippen molar-refractivity contribution in [3.63, 3.8) is 0 Å². The summed E-state index contributed by atoms with van der Waals surface area (Å²) in [6.45, 7) is 10.6. The molecule has 8 heteroatoms. The molecule has 2 atom stereocenters. The molecular weight excluding hydrogens is 378 g/mol. The zero-order valence-corrected chi connectivity index (χ0v) is 18.1. The normalized spacial score (nSPS) is 21.2. The summed E-state index contributed by atoms with van der Waals surface area (Å²) in [5.74, 6) is -0.0627. The average Bonchev–Trinajstić information content (AvgIpc) is 2.57. The van der Waals surface area contributed by atoms with Gasteiger partial charge in [0.15, 0.2) is 0 Å². The number of nitrogens with one attached hydrogen (secondary N) is 2. The number of rotatable bonds is 5. The van der Waals surface area contributed by atoms with E-state index in [2.05, 4.69) is 24.5 Å². The Balaban J connectivity index is 2.02. The molecule has 156 valence electrons. The first kappa shape index (κ1) is 22.4. The van der Waals surface area contributed by atoms with Gasteiger partial charge in [0.05, 0.1) is 11.4 Å². The maximum atomic E-state index is 12.9. The molecule has 1 heterocycles. The smallest absolute Gasteiger partial charge is 0.251 e. The van der Waals surface area contributed by atoms with Crippen molar-refractivity contribution in [2.75, 3.05) is 19.6 Å². The van der Waals surface area contributed by atoms with Crippen LogP contribution in [0.5, 0.6) is 0 Å². The molecule has 0 radical (unpaired) electrons. The number of nitrogens with zero attached hydrogens (tertiary/aromatic N) is 1. The number of piperidine rings is 1. The van der Waals surface area contributed by atoms with E-state index in [1.165, 1.54) is 28.6 Å². The van der Waals surface area contributed by atoms with Crippen LogP contribution in [0.2, 0.25) is 0 Å². The summed E-state index contributed by atoms with van der Waals surface area (Å²) in [6, 6.07) is 5.84. The molecule has 2 N–H and O–H groups in total. The van der Waals surface area contributed by atoms with Crippen molar-refractivity contribution in [3.8, 4) is 0 Å². The van der Waals surface area contributed by atoms with Crippen molar-refractivity contribution in [1.82, 2.24) is 14.9 Å². The standard InChI is InChI=1S/C20H31N3O4S/c1-14-10-15(2)13-23(12-14)28(26,27)17-8-6-16(7-9-17)19(25)21-11-18(24)22-20(3,4)5/h6-9,14-15H,10-13H2,1-5H3,(H,21,25)(H,22,24)/t14-,15-/m0/s1. The number of amides is 2. The van der Waals surface area contributed by atoms with Gasteiger partial charge in [-0.2, -0.15) is 4.31 Å². The average molecular weight is 410 g/mol. The second-order valence-electron chi connectivity index (χ2n) is 8.77. The molecule has 28 heavy (non-hydrogen) atoms. The van der Waals surface area contributed by atoms with E-state index in [0.29, 0.717) is 30.5 Å². The highest BCUT2D eigenvalue weighted by atomic mass is 32.2. The molecule has 0 saturated carbocycles. The van der Waals surface area contributed by atoms with Gasteiger partial charge < -0.3 is 10.6 Å². The Morgan fingerprint density at radius 1 is 1.07 bits per heavy atom. The molecule has 7 nitrogen and oxygen atoms in total. The molecule has 0 bridgehead atoms. The quantitative estimate of drug-likeness (QED) is 0.777. The fourth-order valence-electron chi connectivity index (χ4n) is 3.45. The van der Waals surface area contributed by atoms with E-state index in [1.807, 2.05) is 20.8 Å². The molecule has 1 aromatic rings. The van der Waals surface area contributed by atoms with Crippen LogP contribution in [0.3, 0.4) is 0 Å². The van der Waals surface area contributed by atoms with Crippen molar-refractivity contribution in [2.24, 2.45) is 11.8 Å². The summed E-state index contributed by atoms with van der Waals surface area (Å²) in [4.78, 5) is 24.2. The van der Waals surface area contributed by atoms with Gasteiger partial charge in [-0.15, -0.1) is 0 Å². The Bertz CT molecular complexity index is 803. The van der Waals surface area contributed by atoms with Gasteiger partial charge >= 0.3 is 0 Å². The predicted molar refractivity (Wildman–Crippen MR) is 108 cm³/mol. The van der Waals surface area contributed by atoms with Gasteiger partial charge in [-0.25, -0.2) is 8.42 Å². The number of carbonyl (C=O) groups is 2. The fraction of sp³-hybridized carbons (Fsp3) is 0.600. The van der Waals surface area contributed by atoms with E-state index in [1.54, 1.807) is 0 Å². The monoisotopic (exact) mass is 409 g/mol. The first-order chi connectivity index (χ1) is 12.9. The maximum Gasteiger partial charge on any atom is 0.251 e. The zero-order valence-electron chi connectivity index (χ0n) is 17.3. The van der Waals surface area contributed by atoms with Crippen LogP contribution >= 0.6 is 0 Å². The van der Waals surface area contributed by atoms with Gasteiger partial charge in [-0.05, 0) is 63.3 Å². The summed E-state index contributed by atoms with van der Waals surface area (Å²) in [6.07, 6.45) is 1.02. The van der Waals surface area contributed by atoms with Crippen LogP contribution in [-0.2, 0) is 14.8 Å². The van der Waals surface area contributed by atoms with E-state index in [-0.39, 0.29) is 22.9 Å². The third kappa shape index (κ3) is 6.04. The second kappa shape index (κ2) is 8.61. The Morgan fingerprint density at radius 3 is 2.11 bits per heavy atom. The molecule has 1 aliphatic heterocycles. The Morgan fingerprint density at radius 2 is 1.61 bits per heavy atom. The van der Waals surface area contributed by atoms with Gasteiger partial charge in [0.1, 0.15) is 0 Å². The number of benzene rings is 1. The number of sulfonamides is 1. The SMILES string of the molecule is C[C@H]1C[C@H](C)CN(S(=O)(=O)c2ccc(C(=O)NCC(=O)NC(C)(C)C)cc2)C1. The van der Waals surface area contributed by atoms with Crippen LogP contribution in [0.4, 0.5) is 0 Å². The van der Waals surface area contributed by atoms with Crippen molar-refractivity contribution >= 4 is 21.8 Å². The van der Waals surface area contributed by atoms with Crippen LogP contribution < -0.4 is 10.6 Å². The summed E-state index contributed by atoms with van der Waals surface area (Å²) < 4.78 is 27.3. The summed E-state index contributed by atoms with van der Waals surface area (Å²) in [5.41, 5.74) is -0.0655. The Labute approximate surface area is 167 Å². The second-order valence-corrected chi connectivity index (χ2v) is 10.7. The molecular formula is C20H31N3O4S. The maximum absolute atomic E-state index is 12.9. The minimum atomic E-state index is -3.58. The molecule has 1 saturated heterocycles. The van der Waals surface area contributed by atoms with E-state index in [9.17, 15) is 18.0 Å². The van der Waals surface area contributed by atoms with E-state index >= 15 is 0 Å². The first-order valence-electron chi connectivity index (χ1n) is 9.58. The number of hydrogen-bond acceptors (Lipinski definition) is 4. The predicted octanol–water partition coefficient (Wildman–Crippen LogP) is 2.00. The molecule has 2 amide bonds. The number of carbonyl (C=O) groups excluding carboxylic acids is 2. The van der Waals surface area contributed by atoms with Gasteiger partial charge in [-0.3, -0.25) is 9.59 Å². The summed E-state index contributed by atoms with van der Waals surface area (Å²) >= 11 is 0. The topological polar surface area (TPSA) is 95.6 Å². The van der Waals surface area contributed by atoms with Crippen molar-refractivity contribution in [3.05, 3.63) is 29.8 Å². The van der Waals surface area contributed by atoms with E-state index in [4.69, 9.17) is 0 Å². The zero-order chi connectivity index (χ0) is 21.1. The molecule has 1 aliphatic rings. The van der Waals surface area contributed by atoms with Gasteiger partial charge in [-0.1, -0.05) is 13.8 Å². The number of hydrogen-bond donors (Lipinski definition) is 2. The lowest BCUT2D eigenvalue weighted by Crippen LogP contribution is -2.45. The van der Waals surface area contributed by atoms with Crippen molar-refractivity contribution in [2.45, 2.75) is 51.5 Å². The lowest BCUT2D eigenvalue weighted by molar-refractivity contribution is -0.121. The Hall–Kier alpha value is -1.93. The molecule has 0 unspecified atom stereocenters. The third-order valence-corrected chi connectivity index (χ3v) is 6.36. The fourth-order valence-corrected chi connectivity index (χ4v) is 5.13. The van der Waals surface area contributed by atoms with Crippen LogP contribution in [-0.4, -0.2) is 49.7 Å². The minimum Gasteiger partial charge on any atom is -0.350 e. The van der Waals surface area contributed by atoms with Gasteiger partial charge in [0.25, 0.3) is 5.91 Å². The van der Waals surface area contributed by atoms with Gasteiger partial charge in [0.2, 0.25) is 15.9 Å². The lowest BCUT2D eigenvalue weighted by atomic mass is 9.94. The summed E-state index contributed by atoms with van der Waals surface area (Å²) in [5, 5.41) is 5.30. The lowest BCUT2D eigenvalue weighted by Gasteiger charge is -2.34. The van der Waals surface area contributed by atoms with E-state index in [0.717, 1.165) is 6.42 Å². The highest BCUT2D eigenvalue weighted by Gasteiger charge is 2.31. The molecule has 0 aliphatic carbocycles. The highest BCUT2D eigenvalue weighted by molar-refractivity contribution is 7.89. The van der Waals surface area contributed by atoms with E-state index < -0.39 is 15.9 Å². The van der Waals surface area contributed by atoms with Crippen LogP contribution in [0.15, 0.2) is 29.2 Å². The third-order valence-electron chi connectivity index (χ3n) is 4.51. The van der Waals surface area contributed by atoms with Gasteiger partial charge in [0, 0.05) is 24.2 Å². The Kier molecular flexibility index (Phi) is 6.88. The summed E-state index contributed by atoms with van der Waals surface area (Å²) in [7, 11) is -3.58. The van der Waals surface area contributed by atoms with Crippen LogP contribution in [0.1, 0.15) is 51.4 Å².